The van der Waals surface area contributed by atoms with E-state index in [2.05, 4.69) is 0 Å². The molecule has 5 aliphatic rings. The van der Waals surface area contributed by atoms with Crippen molar-refractivity contribution in [3.63, 3.8) is 0 Å². The minimum absolute atomic E-state index is 0. The fourth-order valence-electron chi connectivity index (χ4n) is 7.16. The van der Waals surface area contributed by atoms with Crippen molar-refractivity contribution in [2.45, 2.75) is 82.1 Å². The highest BCUT2D eigenvalue weighted by molar-refractivity contribution is 5.85. The number of piperidine rings is 1. The molecule has 1 aliphatic heterocycles. The zero-order chi connectivity index (χ0) is 20.4. The molecule has 5 rings (SSSR count). The maximum Gasteiger partial charge on any atom is 0.112 e. The summed E-state index contributed by atoms with van der Waals surface area (Å²) in [7, 11) is 1.80. The third-order valence-electron chi connectivity index (χ3n) is 8.15. The monoisotopic (exact) mass is 447 g/mol. The van der Waals surface area contributed by atoms with Crippen molar-refractivity contribution in [3.8, 4) is 0 Å². The Morgan fingerprint density at radius 3 is 2.13 bits per heavy atom. The summed E-state index contributed by atoms with van der Waals surface area (Å²) in [5.41, 5.74) is 0.502. The molecule has 0 amide bonds. The number of halogens is 1. The van der Waals surface area contributed by atoms with Gasteiger partial charge in [0, 0.05) is 19.8 Å². The fourth-order valence-corrected chi connectivity index (χ4v) is 7.16. The molecule has 4 bridgehead atoms. The first-order valence-electron chi connectivity index (χ1n) is 11.9. The number of hydrogen-bond acceptors (Lipinski definition) is 6. The van der Waals surface area contributed by atoms with Gasteiger partial charge in [0.2, 0.25) is 0 Å². The molecule has 4 atom stereocenters. The summed E-state index contributed by atoms with van der Waals surface area (Å²) in [5, 5.41) is 30.0. The minimum Gasteiger partial charge on any atom is -0.395 e. The van der Waals surface area contributed by atoms with E-state index in [1.54, 1.807) is 11.9 Å². The molecule has 0 spiro atoms. The largest absolute Gasteiger partial charge is 0.395 e. The molecule has 4 aliphatic carbocycles. The van der Waals surface area contributed by atoms with E-state index in [0.29, 0.717) is 18.6 Å². The summed E-state index contributed by atoms with van der Waals surface area (Å²) < 4.78 is 11.9. The standard InChI is InChI=1S/C23H41NO5.ClH/c1-24-13-20(26)22(21(27)19(24)14-25)29-6-4-2-3-5-28-15-23-10-16-7-17(11-23)9-18(8-16)12-23;/h16-22,25-27H,2-15H2,1H3;1H/t16?,17?,18?,19-,20+,21-,22-,23?;/m1./s1. The van der Waals surface area contributed by atoms with Crippen LogP contribution < -0.4 is 0 Å². The number of unbranched alkanes of at least 4 members (excludes halogenated alkanes) is 2. The Morgan fingerprint density at radius 2 is 1.53 bits per heavy atom. The van der Waals surface area contributed by atoms with E-state index in [9.17, 15) is 15.3 Å². The Bertz CT molecular complexity index is 500. The molecule has 3 N–H and O–H groups in total. The highest BCUT2D eigenvalue weighted by Gasteiger charge is 2.50. The Kier molecular flexibility index (Phi) is 8.87. The van der Waals surface area contributed by atoms with Crippen LogP contribution in [0.1, 0.15) is 57.8 Å². The summed E-state index contributed by atoms with van der Waals surface area (Å²) in [4.78, 5) is 1.79. The topological polar surface area (TPSA) is 82.4 Å². The molecule has 30 heavy (non-hydrogen) atoms. The SMILES string of the molecule is CN1C[C@H](O)[C@@H](OCCCCCOCC23CC4CC(CC(C4)C2)C3)[C@H](O)[C@H]1CO.Cl. The first kappa shape index (κ1) is 24.7. The zero-order valence-electron chi connectivity index (χ0n) is 18.5. The molecule has 0 radical (unpaired) electrons. The van der Waals surface area contributed by atoms with Gasteiger partial charge in [-0.15, -0.1) is 12.4 Å². The smallest absolute Gasteiger partial charge is 0.112 e. The van der Waals surface area contributed by atoms with Gasteiger partial charge in [0.05, 0.1) is 25.4 Å². The molecule has 7 heteroatoms. The molecule has 6 nitrogen and oxygen atoms in total. The van der Waals surface area contributed by atoms with Crippen LogP contribution in [0, 0.1) is 23.2 Å². The Morgan fingerprint density at radius 1 is 0.933 bits per heavy atom. The van der Waals surface area contributed by atoms with Crippen LogP contribution in [0.2, 0.25) is 0 Å². The van der Waals surface area contributed by atoms with Gasteiger partial charge in [0.25, 0.3) is 0 Å². The number of rotatable bonds is 10. The number of likely N-dealkylation sites (tertiary alicyclic amines) is 1. The molecule has 4 saturated carbocycles. The lowest BCUT2D eigenvalue weighted by atomic mass is 9.50. The summed E-state index contributed by atoms with van der Waals surface area (Å²) in [6, 6.07) is -0.374. The van der Waals surface area contributed by atoms with Crippen LogP contribution in [0.15, 0.2) is 0 Å². The molecule has 0 aromatic rings. The molecule has 1 saturated heterocycles. The van der Waals surface area contributed by atoms with Crippen molar-refractivity contribution in [3.05, 3.63) is 0 Å². The lowest BCUT2D eigenvalue weighted by molar-refractivity contribution is -0.163. The fraction of sp³-hybridized carbons (Fsp3) is 1.00. The van der Waals surface area contributed by atoms with Crippen LogP contribution in [-0.2, 0) is 9.47 Å². The molecule has 0 unspecified atom stereocenters. The Balaban J connectivity index is 0.00000256. The quantitative estimate of drug-likeness (QED) is 0.445. The first-order chi connectivity index (χ1) is 14.0. The van der Waals surface area contributed by atoms with E-state index in [1.807, 2.05) is 0 Å². The van der Waals surface area contributed by atoms with Crippen molar-refractivity contribution in [1.82, 2.24) is 4.90 Å². The van der Waals surface area contributed by atoms with Crippen LogP contribution >= 0.6 is 12.4 Å². The molecular formula is C23H42ClNO5. The Labute approximate surface area is 187 Å². The number of aliphatic hydroxyl groups is 3. The van der Waals surface area contributed by atoms with Gasteiger partial charge in [0.1, 0.15) is 12.2 Å². The third-order valence-corrected chi connectivity index (χ3v) is 8.15. The number of likely N-dealkylation sites (N-methyl/N-ethyl adjacent to an activating group) is 1. The number of nitrogens with zero attached hydrogens (tertiary/aromatic N) is 1. The average Bonchev–Trinajstić information content (AvgIpc) is 2.65. The number of aliphatic hydroxyl groups excluding tert-OH is 3. The lowest BCUT2D eigenvalue weighted by Gasteiger charge is -2.56. The maximum absolute atomic E-state index is 10.4. The van der Waals surface area contributed by atoms with Gasteiger partial charge >= 0.3 is 0 Å². The second kappa shape index (κ2) is 10.8. The van der Waals surface area contributed by atoms with Crippen LogP contribution in [-0.4, -0.2) is 84.6 Å². The van der Waals surface area contributed by atoms with Gasteiger partial charge < -0.3 is 24.8 Å². The molecule has 1 heterocycles. The predicted molar refractivity (Wildman–Crippen MR) is 118 cm³/mol. The van der Waals surface area contributed by atoms with E-state index < -0.39 is 18.3 Å². The summed E-state index contributed by atoms with van der Waals surface area (Å²) in [6.45, 7) is 2.59. The van der Waals surface area contributed by atoms with E-state index in [0.717, 1.165) is 50.2 Å². The van der Waals surface area contributed by atoms with E-state index >= 15 is 0 Å². The van der Waals surface area contributed by atoms with Crippen molar-refractivity contribution >= 4 is 12.4 Å². The van der Waals surface area contributed by atoms with Crippen LogP contribution in [0.25, 0.3) is 0 Å². The van der Waals surface area contributed by atoms with Gasteiger partial charge in [-0.25, -0.2) is 0 Å². The molecule has 176 valence electrons. The highest BCUT2D eigenvalue weighted by atomic mass is 35.5. The maximum atomic E-state index is 10.4. The van der Waals surface area contributed by atoms with Gasteiger partial charge in [-0.1, -0.05) is 0 Å². The van der Waals surface area contributed by atoms with Gasteiger partial charge in [-0.2, -0.15) is 0 Å². The number of ether oxygens (including phenoxy) is 2. The number of hydrogen-bond donors (Lipinski definition) is 3. The van der Waals surface area contributed by atoms with Gasteiger partial charge in [0.15, 0.2) is 0 Å². The summed E-state index contributed by atoms with van der Waals surface area (Å²) in [5.74, 6) is 2.95. The highest BCUT2D eigenvalue weighted by Crippen LogP contribution is 2.60. The Hall–Kier alpha value is 0.0500. The molecular weight excluding hydrogens is 406 g/mol. The normalized spacial score (nSPS) is 43.0. The second-order valence-corrected chi connectivity index (χ2v) is 10.6. The van der Waals surface area contributed by atoms with E-state index in [-0.39, 0.29) is 25.1 Å². The van der Waals surface area contributed by atoms with Crippen LogP contribution in [0.4, 0.5) is 0 Å². The molecule has 5 fully saturated rings. The van der Waals surface area contributed by atoms with Crippen molar-refractivity contribution in [2.24, 2.45) is 23.2 Å². The zero-order valence-corrected chi connectivity index (χ0v) is 19.3. The van der Waals surface area contributed by atoms with Gasteiger partial charge in [-0.05, 0) is 88.0 Å². The average molecular weight is 448 g/mol. The molecule has 0 aromatic carbocycles. The van der Waals surface area contributed by atoms with Crippen molar-refractivity contribution in [1.29, 1.82) is 0 Å². The second-order valence-electron chi connectivity index (χ2n) is 10.6. The van der Waals surface area contributed by atoms with Crippen LogP contribution in [0.5, 0.6) is 0 Å². The summed E-state index contributed by atoms with van der Waals surface area (Å²) in [6.07, 6.45) is 9.44. The first-order valence-corrected chi connectivity index (χ1v) is 11.9. The van der Waals surface area contributed by atoms with Crippen LogP contribution in [0.3, 0.4) is 0 Å². The van der Waals surface area contributed by atoms with Gasteiger partial charge in [-0.3, -0.25) is 4.90 Å². The predicted octanol–water partition coefficient (Wildman–Crippen LogP) is 2.22. The van der Waals surface area contributed by atoms with Crippen molar-refractivity contribution < 1.29 is 24.8 Å². The number of β-amino-alcohol motifs (C(OH)–C–C–N with tert-alkyl or cyclic N) is 1. The summed E-state index contributed by atoms with van der Waals surface area (Å²) >= 11 is 0. The molecule has 0 aromatic heterocycles. The van der Waals surface area contributed by atoms with E-state index in [4.69, 9.17) is 9.47 Å². The minimum atomic E-state index is -0.864. The van der Waals surface area contributed by atoms with E-state index in [1.165, 1.54) is 38.5 Å². The lowest BCUT2D eigenvalue weighted by Crippen LogP contribution is -2.62. The van der Waals surface area contributed by atoms with Crippen molar-refractivity contribution in [2.75, 3.05) is 40.0 Å². The third kappa shape index (κ3) is 5.51.